The zero-order valence-electron chi connectivity index (χ0n) is 14.0. The van der Waals surface area contributed by atoms with E-state index < -0.39 is 11.9 Å². The Bertz CT molecular complexity index is 957. The predicted molar refractivity (Wildman–Crippen MR) is 88.1 cm³/mol. The SMILES string of the molecule is COC(=O)c1cc(C(=O)O)nc2ncnn12.Cc1cc(CN)ccc1F. The molecule has 26 heavy (non-hydrogen) atoms. The summed E-state index contributed by atoms with van der Waals surface area (Å²) in [5, 5.41) is 12.5. The Kier molecular flexibility index (Phi) is 5.91. The molecule has 3 N–H and O–H groups in total. The van der Waals surface area contributed by atoms with Crippen molar-refractivity contribution in [1.29, 1.82) is 0 Å². The zero-order chi connectivity index (χ0) is 19.3. The number of hydrogen-bond acceptors (Lipinski definition) is 7. The molecule has 2 heterocycles. The molecule has 0 radical (unpaired) electrons. The molecule has 0 unspecified atom stereocenters. The average Bonchev–Trinajstić information content (AvgIpc) is 3.11. The maximum absolute atomic E-state index is 12.6. The fourth-order valence-electron chi connectivity index (χ4n) is 2.01. The molecule has 0 fully saturated rings. The number of aromatic carboxylic acids is 1. The number of halogens is 1. The Balaban J connectivity index is 0.000000209. The quantitative estimate of drug-likeness (QED) is 0.665. The van der Waals surface area contributed by atoms with E-state index in [1.165, 1.54) is 19.5 Å². The van der Waals surface area contributed by atoms with Crippen LogP contribution in [-0.4, -0.2) is 43.7 Å². The van der Waals surface area contributed by atoms with Crippen LogP contribution in [0.1, 0.15) is 32.1 Å². The van der Waals surface area contributed by atoms with Gasteiger partial charge in [-0.3, -0.25) is 0 Å². The summed E-state index contributed by atoms with van der Waals surface area (Å²) in [7, 11) is 1.19. The molecule has 136 valence electrons. The predicted octanol–water partition coefficient (Wildman–Crippen LogP) is 1.20. The van der Waals surface area contributed by atoms with Crippen LogP contribution in [0.5, 0.6) is 0 Å². The molecule has 0 saturated carbocycles. The molecule has 3 aromatic rings. The Morgan fingerprint density at radius 2 is 2.08 bits per heavy atom. The lowest BCUT2D eigenvalue weighted by Gasteiger charge is -2.02. The van der Waals surface area contributed by atoms with E-state index in [1.807, 2.05) is 0 Å². The van der Waals surface area contributed by atoms with Gasteiger partial charge in [-0.05, 0) is 24.1 Å². The molecule has 0 saturated heterocycles. The van der Waals surface area contributed by atoms with Crippen LogP contribution in [0.2, 0.25) is 0 Å². The minimum atomic E-state index is -1.25. The molecule has 0 bridgehead atoms. The van der Waals surface area contributed by atoms with Crippen LogP contribution in [0, 0.1) is 12.7 Å². The number of nitrogens with zero attached hydrogens (tertiary/aromatic N) is 4. The molecule has 1 aromatic carbocycles. The summed E-state index contributed by atoms with van der Waals surface area (Å²) in [5.74, 6) is -2.10. The second-order valence-electron chi connectivity index (χ2n) is 5.08. The summed E-state index contributed by atoms with van der Waals surface area (Å²) >= 11 is 0. The highest BCUT2D eigenvalue weighted by Gasteiger charge is 2.17. The number of carboxylic acids is 1. The van der Waals surface area contributed by atoms with Crippen molar-refractivity contribution in [2.75, 3.05) is 7.11 Å². The standard InChI is InChI=1S/C8H10FN.C8H6N4O4/c1-6-4-7(5-10)2-3-8(6)9;1-16-7(15)5-2-4(6(13)14)11-8-9-3-10-12(5)8/h2-4H,5,10H2,1H3;2-3H,1H3,(H,13,14). The largest absolute Gasteiger partial charge is 0.477 e. The number of fused-ring (bicyclic) bond motifs is 1. The first-order chi connectivity index (χ1) is 12.4. The van der Waals surface area contributed by atoms with Gasteiger partial charge < -0.3 is 15.6 Å². The van der Waals surface area contributed by atoms with Crippen LogP contribution < -0.4 is 5.73 Å². The Hall–Kier alpha value is -3.40. The van der Waals surface area contributed by atoms with E-state index in [2.05, 4.69) is 19.8 Å². The van der Waals surface area contributed by atoms with Gasteiger partial charge in [0.05, 0.1) is 7.11 Å². The average molecular weight is 361 g/mol. The molecule has 9 nitrogen and oxygen atoms in total. The number of methoxy groups -OCH3 is 1. The van der Waals surface area contributed by atoms with Gasteiger partial charge in [-0.15, -0.1) is 0 Å². The number of ether oxygens (including phenoxy) is 1. The second-order valence-corrected chi connectivity index (χ2v) is 5.08. The van der Waals surface area contributed by atoms with Gasteiger partial charge >= 0.3 is 11.9 Å². The third-order valence-corrected chi connectivity index (χ3v) is 3.32. The lowest BCUT2D eigenvalue weighted by Crippen LogP contribution is -2.13. The van der Waals surface area contributed by atoms with Crippen molar-refractivity contribution in [3.8, 4) is 0 Å². The van der Waals surface area contributed by atoms with Crippen LogP contribution >= 0.6 is 0 Å². The normalized spacial score (nSPS) is 10.2. The van der Waals surface area contributed by atoms with Crippen LogP contribution in [0.3, 0.4) is 0 Å². The van der Waals surface area contributed by atoms with Crippen molar-refractivity contribution >= 4 is 17.7 Å². The van der Waals surface area contributed by atoms with Gasteiger partial charge in [-0.25, -0.2) is 19.0 Å². The van der Waals surface area contributed by atoms with E-state index in [0.29, 0.717) is 12.1 Å². The maximum atomic E-state index is 12.6. The smallest absolute Gasteiger partial charge is 0.356 e. The van der Waals surface area contributed by atoms with E-state index in [1.54, 1.807) is 19.1 Å². The minimum Gasteiger partial charge on any atom is -0.477 e. The molecule has 2 aromatic heterocycles. The van der Waals surface area contributed by atoms with Crippen molar-refractivity contribution < 1.29 is 23.8 Å². The Morgan fingerprint density at radius 3 is 2.65 bits per heavy atom. The molecule has 0 amide bonds. The highest BCUT2D eigenvalue weighted by atomic mass is 19.1. The van der Waals surface area contributed by atoms with Crippen molar-refractivity contribution in [2.45, 2.75) is 13.5 Å². The number of carboxylic acid groups (broad SMARTS) is 1. The van der Waals surface area contributed by atoms with Crippen LogP contribution in [0.25, 0.3) is 5.78 Å². The third-order valence-electron chi connectivity index (χ3n) is 3.32. The molecule has 0 aliphatic heterocycles. The molecule has 0 spiro atoms. The zero-order valence-corrected chi connectivity index (χ0v) is 14.0. The van der Waals surface area contributed by atoms with Crippen molar-refractivity contribution in [1.82, 2.24) is 19.6 Å². The monoisotopic (exact) mass is 361 g/mol. The van der Waals surface area contributed by atoms with Crippen molar-refractivity contribution in [3.63, 3.8) is 0 Å². The highest BCUT2D eigenvalue weighted by Crippen LogP contribution is 2.08. The van der Waals surface area contributed by atoms with Crippen molar-refractivity contribution in [2.24, 2.45) is 5.73 Å². The molecule has 0 atom stereocenters. The third kappa shape index (κ3) is 4.16. The lowest BCUT2D eigenvalue weighted by atomic mass is 10.1. The van der Waals surface area contributed by atoms with Gasteiger partial charge in [0.25, 0.3) is 5.78 Å². The Morgan fingerprint density at radius 1 is 1.35 bits per heavy atom. The highest BCUT2D eigenvalue weighted by molar-refractivity contribution is 5.92. The summed E-state index contributed by atoms with van der Waals surface area (Å²) in [5.41, 5.74) is 6.64. The van der Waals surface area contributed by atoms with E-state index in [4.69, 9.17) is 10.8 Å². The molecular weight excluding hydrogens is 345 g/mol. The van der Waals surface area contributed by atoms with Crippen LogP contribution in [0.15, 0.2) is 30.6 Å². The molecule has 3 rings (SSSR count). The lowest BCUT2D eigenvalue weighted by molar-refractivity contribution is 0.0590. The number of aryl methyl sites for hydroxylation is 1. The van der Waals surface area contributed by atoms with E-state index in [0.717, 1.165) is 16.1 Å². The number of nitrogens with two attached hydrogens (primary N) is 1. The van der Waals surface area contributed by atoms with Crippen molar-refractivity contribution in [3.05, 3.63) is 58.9 Å². The van der Waals surface area contributed by atoms with E-state index in [9.17, 15) is 14.0 Å². The first-order valence-electron chi connectivity index (χ1n) is 7.34. The molecular formula is C16H16FN5O4. The first-order valence-corrected chi connectivity index (χ1v) is 7.34. The molecule has 0 aliphatic carbocycles. The molecule has 0 aliphatic rings. The fraction of sp³-hybridized carbons (Fsp3) is 0.188. The number of hydrogen-bond donors (Lipinski definition) is 2. The second kappa shape index (κ2) is 8.12. The number of esters is 1. The number of aromatic nitrogens is 4. The fourth-order valence-corrected chi connectivity index (χ4v) is 2.01. The summed E-state index contributed by atoms with van der Waals surface area (Å²) in [4.78, 5) is 29.5. The van der Waals surface area contributed by atoms with Gasteiger partial charge in [0.2, 0.25) is 0 Å². The molecule has 10 heteroatoms. The topological polar surface area (TPSA) is 133 Å². The maximum Gasteiger partial charge on any atom is 0.356 e. The number of carbonyl (C=O) groups is 2. The van der Waals surface area contributed by atoms with Crippen LogP contribution in [0.4, 0.5) is 4.39 Å². The van der Waals surface area contributed by atoms with Gasteiger partial charge in [-0.2, -0.15) is 14.6 Å². The summed E-state index contributed by atoms with van der Waals surface area (Å²) < 4.78 is 18.2. The van der Waals surface area contributed by atoms with Gasteiger partial charge in [0, 0.05) is 12.6 Å². The number of carbonyl (C=O) groups excluding carboxylic acids is 1. The van der Waals surface area contributed by atoms with E-state index >= 15 is 0 Å². The van der Waals surface area contributed by atoms with Gasteiger partial charge in [0.15, 0.2) is 11.4 Å². The summed E-state index contributed by atoms with van der Waals surface area (Å²) in [6.45, 7) is 2.20. The Labute approximate surface area is 147 Å². The van der Waals surface area contributed by atoms with E-state index in [-0.39, 0.29) is 23.0 Å². The first kappa shape index (κ1) is 18.9. The summed E-state index contributed by atoms with van der Waals surface area (Å²) in [6, 6.07) is 5.98. The van der Waals surface area contributed by atoms with Gasteiger partial charge in [-0.1, -0.05) is 12.1 Å². The summed E-state index contributed by atoms with van der Waals surface area (Å²) in [6.07, 6.45) is 1.17. The minimum absolute atomic E-state index is 0.0281. The van der Waals surface area contributed by atoms with Crippen LogP contribution in [-0.2, 0) is 11.3 Å². The van der Waals surface area contributed by atoms with Gasteiger partial charge in [0.1, 0.15) is 12.1 Å². The number of benzene rings is 1. The number of rotatable bonds is 3.